The molecule has 1 heterocycles. The molecule has 0 aliphatic carbocycles. The van der Waals surface area contributed by atoms with Crippen LogP contribution in [0.5, 0.6) is 5.75 Å². The lowest BCUT2D eigenvalue weighted by molar-refractivity contribution is 0.0383. The van der Waals surface area contributed by atoms with Gasteiger partial charge in [-0.15, -0.1) is 5.10 Å². The zero-order valence-corrected chi connectivity index (χ0v) is 16.1. The molecule has 0 saturated heterocycles. The van der Waals surface area contributed by atoms with Crippen molar-refractivity contribution in [2.24, 2.45) is 0 Å². The van der Waals surface area contributed by atoms with Crippen molar-refractivity contribution in [2.75, 3.05) is 26.9 Å². The third-order valence-electron chi connectivity index (χ3n) is 3.83. The van der Waals surface area contributed by atoms with Crippen LogP contribution in [0.4, 0.5) is 0 Å². The van der Waals surface area contributed by atoms with Crippen molar-refractivity contribution in [3.63, 3.8) is 0 Å². The van der Waals surface area contributed by atoms with E-state index in [1.54, 1.807) is 50.0 Å². The Morgan fingerprint density at radius 2 is 1.96 bits per heavy atom. The number of para-hydroxylation sites is 1. The van der Waals surface area contributed by atoms with Crippen LogP contribution in [0, 0.1) is 0 Å². The minimum atomic E-state index is -0.997. The van der Waals surface area contributed by atoms with E-state index in [0.717, 1.165) is 12.8 Å². The number of esters is 1. The Hall–Kier alpha value is -2.45. The van der Waals surface area contributed by atoms with Gasteiger partial charge in [-0.25, -0.2) is 4.79 Å². The number of hydrogen-bond acceptors (Lipinski definition) is 7. The zero-order valence-electron chi connectivity index (χ0n) is 16.1. The Labute approximate surface area is 159 Å². The van der Waals surface area contributed by atoms with Gasteiger partial charge < -0.3 is 19.3 Å². The topological polar surface area (TPSA) is 95.7 Å². The van der Waals surface area contributed by atoms with Gasteiger partial charge in [0.15, 0.2) is 0 Å². The molecule has 8 nitrogen and oxygen atoms in total. The summed E-state index contributed by atoms with van der Waals surface area (Å²) in [6, 6.07) is 7.01. The van der Waals surface area contributed by atoms with E-state index in [9.17, 15) is 9.90 Å². The predicted molar refractivity (Wildman–Crippen MR) is 98.6 cm³/mol. The molecule has 8 heteroatoms. The van der Waals surface area contributed by atoms with E-state index >= 15 is 0 Å². The summed E-state index contributed by atoms with van der Waals surface area (Å²) in [6.45, 7) is 5.04. The lowest BCUT2D eigenvalue weighted by Gasteiger charge is -2.12. The van der Waals surface area contributed by atoms with Crippen molar-refractivity contribution in [2.45, 2.75) is 38.8 Å². The van der Waals surface area contributed by atoms with Crippen LogP contribution in [-0.4, -0.2) is 53.0 Å². The number of nitrogens with zero attached hydrogens (tertiary/aromatic N) is 3. The van der Waals surface area contributed by atoms with E-state index in [2.05, 4.69) is 10.3 Å². The highest BCUT2D eigenvalue weighted by molar-refractivity contribution is 5.92. The number of unbranched alkanes of at least 4 members (excludes halogenated alkanes) is 1. The van der Waals surface area contributed by atoms with Crippen molar-refractivity contribution in [1.82, 2.24) is 15.0 Å². The summed E-state index contributed by atoms with van der Waals surface area (Å²) in [5.41, 5.74) is -0.0532. The number of carbonyl (C=O) groups is 1. The van der Waals surface area contributed by atoms with Crippen LogP contribution in [0.1, 0.15) is 42.7 Å². The standard InChI is InChI=1S/C19H27N3O5/c1-19(2,24)17-14-22(21-20-17)10-6-7-11-26-16-9-5-4-8-15(16)18(23)27-13-12-25-3/h4-5,8-9,14,24H,6-7,10-13H2,1-3H3. The Morgan fingerprint density at radius 1 is 1.19 bits per heavy atom. The number of benzene rings is 1. The Bertz CT molecular complexity index is 724. The van der Waals surface area contributed by atoms with Gasteiger partial charge in [0.2, 0.25) is 0 Å². The molecular formula is C19H27N3O5. The molecule has 1 aromatic carbocycles. The third-order valence-corrected chi connectivity index (χ3v) is 3.83. The second-order valence-corrected chi connectivity index (χ2v) is 6.61. The van der Waals surface area contributed by atoms with E-state index < -0.39 is 11.6 Å². The molecule has 0 fully saturated rings. The Morgan fingerprint density at radius 3 is 2.67 bits per heavy atom. The summed E-state index contributed by atoms with van der Waals surface area (Å²) in [4.78, 5) is 12.1. The number of aryl methyl sites for hydroxylation is 1. The summed E-state index contributed by atoms with van der Waals surface area (Å²) in [5, 5.41) is 17.9. The third kappa shape index (κ3) is 6.65. The quantitative estimate of drug-likeness (QED) is 0.473. The second-order valence-electron chi connectivity index (χ2n) is 6.61. The lowest BCUT2D eigenvalue weighted by atomic mass is 10.1. The number of carbonyl (C=O) groups excluding carboxylic acids is 1. The van der Waals surface area contributed by atoms with Crippen LogP contribution >= 0.6 is 0 Å². The van der Waals surface area contributed by atoms with Crippen LogP contribution < -0.4 is 4.74 Å². The highest BCUT2D eigenvalue weighted by Gasteiger charge is 2.19. The predicted octanol–water partition coefficient (Wildman–Crippen LogP) is 2.17. The first-order valence-electron chi connectivity index (χ1n) is 8.92. The molecule has 0 bridgehead atoms. The molecule has 0 unspecified atom stereocenters. The first-order chi connectivity index (χ1) is 12.9. The fourth-order valence-corrected chi connectivity index (χ4v) is 2.30. The summed E-state index contributed by atoms with van der Waals surface area (Å²) in [6.07, 6.45) is 3.35. The van der Waals surface area contributed by atoms with Gasteiger partial charge in [-0.05, 0) is 38.8 Å². The van der Waals surface area contributed by atoms with Gasteiger partial charge in [0.25, 0.3) is 0 Å². The molecule has 148 valence electrons. The molecule has 0 atom stereocenters. The number of aliphatic hydroxyl groups is 1. The zero-order chi connectivity index (χ0) is 19.7. The van der Waals surface area contributed by atoms with E-state index in [1.807, 2.05) is 6.07 Å². The molecule has 0 aliphatic rings. The van der Waals surface area contributed by atoms with E-state index in [1.165, 1.54) is 0 Å². The molecule has 27 heavy (non-hydrogen) atoms. The van der Waals surface area contributed by atoms with Crippen LogP contribution in [0.2, 0.25) is 0 Å². The summed E-state index contributed by atoms with van der Waals surface area (Å²) < 4.78 is 17.5. The van der Waals surface area contributed by atoms with E-state index in [0.29, 0.717) is 36.8 Å². The van der Waals surface area contributed by atoms with Crippen LogP contribution in [0.15, 0.2) is 30.5 Å². The SMILES string of the molecule is COCCOC(=O)c1ccccc1OCCCCn1cc(C(C)(C)O)nn1. The van der Waals surface area contributed by atoms with Gasteiger partial charge in [-0.3, -0.25) is 4.68 Å². The van der Waals surface area contributed by atoms with Gasteiger partial charge in [-0.1, -0.05) is 17.3 Å². The molecule has 1 aromatic heterocycles. The first kappa shape index (κ1) is 20.9. The Kier molecular flexibility index (Phi) is 7.75. The van der Waals surface area contributed by atoms with Crippen LogP contribution in [-0.2, 0) is 21.6 Å². The maximum Gasteiger partial charge on any atom is 0.342 e. The largest absolute Gasteiger partial charge is 0.493 e. The fraction of sp³-hybridized carbons (Fsp3) is 0.526. The highest BCUT2D eigenvalue weighted by Crippen LogP contribution is 2.19. The fourth-order valence-electron chi connectivity index (χ4n) is 2.30. The molecule has 1 N–H and O–H groups in total. The normalized spacial score (nSPS) is 11.4. The number of methoxy groups -OCH3 is 1. The van der Waals surface area contributed by atoms with Crippen LogP contribution in [0.25, 0.3) is 0 Å². The Balaban J connectivity index is 1.77. The van der Waals surface area contributed by atoms with Crippen molar-refractivity contribution < 1.29 is 24.1 Å². The van der Waals surface area contributed by atoms with E-state index in [4.69, 9.17) is 14.2 Å². The molecule has 0 radical (unpaired) electrons. The molecule has 0 saturated carbocycles. The minimum absolute atomic E-state index is 0.203. The smallest absolute Gasteiger partial charge is 0.342 e. The lowest BCUT2D eigenvalue weighted by Crippen LogP contribution is -2.15. The van der Waals surface area contributed by atoms with Gasteiger partial charge in [0, 0.05) is 13.7 Å². The number of aromatic nitrogens is 3. The van der Waals surface area contributed by atoms with Gasteiger partial charge >= 0.3 is 5.97 Å². The molecule has 2 rings (SSSR count). The molecule has 0 amide bonds. The second kappa shape index (κ2) is 10.0. The number of hydrogen-bond donors (Lipinski definition) is 1. The maximum atomic E-state index is 12.1. The average Bonchev–Trinajstić information content (AvgIpc) is 3.11. The van der Waals surface area contributed by atoms with Crippen LogP contribution in [0.3, 0.4) is 0 Å². The maximum absolute atomic E-state index is 12.1. The number of ether oxygens (including phenoxy) is 3. The van der Waals surface area contributed by atoms with Crippen molar-refractivity contribution in [3.05, 3.63) is 41.7 Å². The average molecular weight is 377 g/mol. The molecule has 2 aromatic rings. The highest BCUT2D eigenvalue weighted by atomic mass is 16.6. The first-order valence-corrected chi connectivity index (χ1v) is 8.92. The van der Waals surface area contributed by atoms with Gasteiger partial charge in [0.1, 0.15) is 29.2 Å². The van der Waals surface area contributed by atoms with Gasteiger partial charge in [-0.2, -0.15) is 0 Å². The monoisotopic (exact) mass is 377 g/mol. The van der Waals surface area contributed by atoms with Crippen molar-refractivity contribution in [3.8, 4) is 5.75 Å². The minimum Gasteiger partial charge on any atom is -0.493 e. The van der Waals surface area contributed by atoms with Crippen molar-refractivity contribution >= 4 is 5.97 Å². The van der Waals surface area contributed by atoms with Crippen molar-refractivity contribution in [1.29, 1.82) is 0 Å². The summed E-state index contributed by atoms with van der Waals surface area (Å²) >= 11 is 0. The molecule has 0 spiro atoms. The number of rotatable bonds is 11. The molecular weight excluding hydrogens is 350 g/mol. The molecule has 0 aliphatic heterocycles. The summed E-state index contributed by atoms with van der Waals surface area (Å²) in [7, 11) is 1.55. The summed E-state index contributed by atoms with van der Waals surface area (Å²) in [5.74, 6) is 0.0782. The van der Waals surface area contributed by atoms with Gasteiger partial charge in [0.05, 0.1) is 19.4 Å². The van der Waals surface area contributed by atoms with E-state index in [-0.39, 0.29) is 6.61 Å².